The predicted molar refractivity (Wildman–Crippen MR) is 99.9 cm³/mol. The van der Waals surface area contributed by atoms with Gasteiger partial charge >= 0.3 is 5.97 Å². The molecule has 140 valence electrons. The SMILES string of the molecule is C[C@H](NS(=O)(=O)c1ccccc1F)C(=O)OCc1cccc2ccccc12. The van der Waals surface area contributed by atoms with Gasteiger partial charge in [0.2, 0.25) is 10.0 Å². The molecule has 3 aromatic carbocycles. The highest BCUT2D eigenvalue weighted by molar-refractivity contribution is 7.89. The fourth-order valence-electron chi connectivity index (χ4n) is 2.70. The second-order valence-corrected chi connectivity index (χ2v) is 7.70. The fraction of sp³-hybridized carbons (Fsp3) is 0.150. The largest absolute Gasteiger partial charge is 0.460 e. The van der Waals surface area contributed by atoms with Crippen molar-refractivity contribution in [1.82, 2.24) is 4.72 Å². The number of halogens is 1. The van der Waals surface area contributed by atoms with Gasteiger partial charge in [-0.15, -0.1) is 0 Å². The summed E-state index contributed by atoms with van der Waals surface area (Å²) in [5, 5.41) is 1.96. The number of hydrogen-bond acceptors (Lipinski definition) is 4. The number of sulfonamides is 1. The Labute approximate surface area is 156 Å². The molecule has 0 aliphatic rings. The number of esters is 1. The lowest BCUT2D eigenvalue weighted by molar-refractivity contribution is -0.146. The number of benzene rings is 3. The van der Waals surface area contributed by atoms with E-state index in [1.165, 1.54) is 19.1 Å². The zero-order valence-electron chi connectivity index (χ0n) is 14.6. The molecule has 0 bridgehead atoms. The van der Waals surface area contributed by atoms with Crippen molar-refractivity contribution >= 4 is 26.8 Å². The van der Waals surface area contributed by atoms with E-state index in [9.17, 15) is 17.6 Å². The third-order valence-electron chi connectivity index (χ3n) is 4.06. The molecule has 7 heteroatoms. The van der Waals surface area contributed by atoms with Crippen LogP contribution < -0.4 is 4.72 Å². The van der Waals surface area contributed by atoms with Gasteiger partial charge in [-0.05, 0) is 35.4 Å². The Morgan fingerprint density at radius 1 is 1.04 bits per heavy atom. The van der Waals surface area contributed by atoms with Crippen LogP contribution in [0, 0.1) is 5.82 Å². The van der Waals surface area contributed by atoms with Gasteiger partial charge in [-0.25, -0.2) is 12.8 Å². The van der Waals surface area contributed by atoms with E-state index in [4.69, 9.17) is 4.74 Å². The molecular weight excluding hydrogens is 369 g/mol. The number of ether oxygens (including phenoxy) is 1. The molecule has 3 aromatic rings. The van der Waals surface area contributed by atoms with Crippen LogP contribution in [0.1, 0.15) is 12.5 Å². The molecule has 0 amide bonds. The van der Waals surface area contributed by atoms with Gasteiger partial charge < -0.3 is 4.74 Å². The lowest BCUT2D eigenvalue weighted by Crippen LogP contribution is -2.39. The van der Waals surface area contributed by atoms with Gasteiger partial charge in [-0.3, -0.25) is 4.79 Å². The minimum atomic E-state index is -4.18. The Kier molecular flexibility index (Phi) is 5.53. The van der Waals surface area contributed by atoms with Crippen molar-refractivity contribution < 1.29 is 22.3 Å². The summed E-state index contributed by atoms with van der Waals surface area (Å²) in [6.07, 6.45) is 0. The van der Waals surface area contributed by atoms with Crippen molar-refractivity contribution in [3.63, 3.8) is 0 Å². The second-order valence-electron chi connectivity index (χ2n) is 6.02. The average Bonchev–Trinajstić information content (AvgIpc) is 2.65. The number of nitrogens with one attached hydrogen (secondary N) is 1. The molecule has 3 rings (SSSR count). The summed E-state index contributed by atoms with van der Waals surface area (Å²) >= 11 is 0. The highest BCUT2D eigenvalue weighted by atomic mass is 32.2. The molecule has 0 heterocycles. The van der Waals surface area contributed by atoms with E-state index < -0.39 is 32.7 Å². The quantitative estimate of drug-likeness (QED) is 0.658. The van der Waals surface area contributed by atoms with E-state index in [0.717, 1.165) is 28.5 Å². The Morgan fingerprint density at radius 3 is 2.48 bits per heavy atom. The molecule has 1 atom stereocenters. The van der Waals surface area contributed by atoms with Crippen LogP contribution in [0.4, 0.5) is 4.39 Å². The van der Waals surface area contributed by atoms with Gasteiger partial charge in [-0.1, -0.05) is 54.6 Å². The monoisotopic (exact) mass is 387 g/mol. The van der Waals surface area contributed by atoms with E-state index in [0.29, 0.717) is 0 Å². The molecule has 1 N–H and O–H groups in total. The summed E-state index contributed by atoms with van der Waals surface area (Å²) in [5.41, 5.74) is 0.811. The van der Waals surface area contributed by atoms with Crippen molar-refractivity contribution in [3.8, 4) is 0 Å². The third kappa shape index (κ3) is 4.32. The Bertz CT molecular complexity index is 1080. The van der Waals surface area contributed by atoms with E-state index >= 15 is 0 Å². The molecule has 5 nitrogen and oxygen atoms in total. The first-order valence-electron chi connectivity index (χ1n) is 8.28. The normalized spacial score (nSPS) is 12.7. The summed E-state index contributed by atoms with van der Waals surface area (Å²) in [6.45, 7) is 1.36. The summed E-state index contributed by atoms with van der Waals surface area (Å²) in [5.74, 6) is -1.64. The summed E-state index contributed by atoms with van der Waals surface area (Å²) in [4.78, 5) is 11.7. The fourth-order valence-corrected chi connectivity index (χ4v) is 3.97. The Balaban J connectivity index is 1.68. The molecule has 27 heavy (non-hydrogen) atoms. The van der Waals surface area contributed by atoms with Gasteiger partial charge in [0.05, 0.1) is 0 Å². The van der Waals surface area contributed by atoms with E-state index in [1.807, 2.05) is 42.5 Å². The first kappa shape index (κ1) is 19.0. The molecule has 0 aromatic heterocycles. The van der Waals surface area contributed by atoms with Gasteiger partial charge in [0.1, 0.15) is 23.4 Å². The zero-order chi connectivity index (χ0) is 19.4. The molecule has 0 unspecified atom stereocenters. The van der Waals surface area contributed by atoms with Crippen LogP contribution >= 0.6 is 0 Å². The van der Waals surface area contributed by atoms with Crippen LogP contribution in [0.25, 0.3) is 10.8 Å². The average molecular weight is 387 g/mol. The predicted octanol–water partition coefficient (Wildman–Crippen LogP) is 3.39. The lowest BCUT2D eigenvalue weighted by atomic mass is 10.1. The number of hydrogen-bond donors (Lipinski definition) is 1. The van der Waals surface area contributed by atoms with E-state index in [2.05, 4.69) is 4.72 Å². The lowest BCUT2D eigenvalue weighted by Gasteiger charge is -2.15. The Morgan fingerprint density at radius 2 is 1.70 bits per heavy atom. The summed E-state index contributed by atoms with van der Waals surface area (Å²) in [6, 6.07) is 17.1. The van der Waals surface area contributed by atoms with Crippen LogP contribution in [0.3, 0.4) is 0 Å². The van der Waals surface area contributed by atoms with Crippen LogP contribution in [0.5, 0.6) is 0 Å². The number of fused-ring (bicyclic) bond motifs is 1. The van der Waals surface area contributed by atoms with Gasteiger partial charge in [0, 0.05) is 0 Å². The standard InChI is InChI=1S/C20H18FNO4S/c1-14(22-27(24,25)19-12-5-4-11-18(19)21)20(23)26-13-16-9-6-8-15-7-2-3-10-17(15)16/h2-12,14,22H,13H2,1H3/t14-/m0/s1. The van der Waals surface area contributed by atoms with Crippen LogP contribution in [-0.4, -0.2) is 20.4 Å². The van der Waals surface area contributed by atoms with Crippen molar-refractivity contribution in [2.24, 2.45) is 0 Å². The maximum Gasteiger partial charge on any atom is 0.324 e. The summed E-state index contributed by atoms with van der Waals surface area (Å²) in [7, 11) is -4.18. The molecule has 0 aliphatic heterocycles. The molecule has 0 aliphatic carbocycles. The maximum absolute atomic E-state index is 13.7. The smallest absolute Gasteiger partial charge is 0.324 e. The van der Waals surface area contributed by atoms with Crippen LogP contribution in [-0.2, 0) is 26.2 Å². The number of carbonyl (C=O) groups excluding carboxylic acids is 1. The maximum atomic E-state index is 13.7. The molecular formula is C20H18FNO4S. The first-order valence-corrected chi connectivity index (χ1v) is 9.77. The van der Waals surface area contributed by atoms with Crippen molar-refractivity contribution in [1.29, 1.82) is 0 Å². The van der Waals surface area contributed by atoms with Gasteiger partial charge in [0.15, 0.2) is 0 Å². The third-order valence-corrected chi connectivity index (χ3v) is 5.64. The van der Waals surface area contributed by atoms with Crippen LogP contribution in [0.2, 0.25) is 0 Å². The van der Waals surface area contributed by atoms with Crippen molar-refractivity contribution in [2.45, 2.75) is 24.5 Å². The second kappa shape index (κ2) is 7.85. The zero-order valence-corrected chi connectivity index (χ0v) is 15.4. The summed E-state index contributed by atoms with van der Waals surface area (Å²) < 4.78 is 45.6. The van der Waals surface area contributed by atoms with Crippen molar-refractivity contribution in [3.05, 3.63) is 78.1 Å². The molecule has 0 spiro atoms. The Hall–Kier alpha value is -2.77. The molecule has 0 fully saturated rings. The highest BCUT2D eigenvalue weighted by Crippen LogP contribution is 2.19. The van der Waals surface area contributed by atoms with Crippen LogP contribution in [0.15, 0.2) is 71.6 Å². The highest BCUT2D eigenvalue weighted by Gasteiger charge is 2.25. The molecule has 0 saturated carbocycles. The molecule has 0 radical (unpaired) electrons. The van der Waals surface area contributed by atoms with E-state index in [-0.39, 0.29) is 6.61 Å². The van der Waals surface area contributed by atoms with Crippen molar-refractivity contribution in [2.75, 3.05) is 0 Å². The van der Waals surface area contributed by atoms with E-state index in [1.54, 1.807) is 0 Å². The number of rotatable bonds is 6. The topological polar surface area (TPSA) is 72.5 Å². The molecule has 0 saturated heterocycles. The number of carbonyl (C=O) groups is 1. The van der Waals surface area contributed by atoms with Gasteiger partial charge in [-0.2, -0.15) is 4.72 Å². The minimum Gasteiger partial charge on any atom is -0.460 e. The minimum absolute atomic E-state index is 0.00591. The van der Waals surface area contributed by atoms with Gasteiger partial charge in [0.25, 0.3) is 0 Å². The first-order chi connectivity index (χ1) is 12.9.